The summed E-state index contributed by atoms with van der Waals surface area (Å²) in [6.07, 6.45) is 0. The summed E-state index contributed by atoms with van der Waals surface area (Å²) in [7, 11) is 3.45. The Morgan fingerprint density at radius 3 is 2.59 bits per heavy atom. The van der Waals surface area contributed by atoms with Crippen LogP contribution in [0.4, 0.5) is 5.13 Å². The number of amides is 1. The molecule has 0 radical (unpaired) electrons. The van der Waals surface area contributed by atoms with E-state index in [1.54, 1.807) is 11.7 Å². The highest BCUT2D eigenvalue weighted by Gasteiger charge is 2.13. The van der Waals surface area contributed by atoms with E-state index >= 15 is 0 Å². The zero-order valence-electron chi connectivity index (χ0n) is 15.0. The molecule has 3 rings (SSSR count). The molecule has 1 N–H and O–H groups in total. The molecule has 0 saturated heterocycles. The number of anilines is 1. The quantitative estimate of drug-likeness (QED) is 0.568. The fourth-order valence-electron chi connectivity index (χ4n) is 2.05. The molecule has 0 unspecified atom stereocenters. The van der Waals surface area contributed by atoms with E-state index in [-0.39, 0.29) is 18.3 Å². The number of aryl methyl sites for hydroxylation is 1. The van der Waals surface area contributed by atoms with Gasteiger partial charge in [-0.15, -0.1) is 20.4 Å². The highest BCUT2D eigenvalue weighted by Crippen LogP contribution is 2.20. The molecule has 2 heterocycles. The molecular weight excluding hydrogens is 388 g/mol. The van der Waals surface area contributed by atoms with Gasteiger partial charge in [-0.25, -0.2) is 0 Å². The third kappa shape index (κ3) is 5.17. The average molecular weight is 406 g/mol. The molecule has 142 valence electrons. The maximum atomic E-state index is 12.0. The second-order valence-corrected chi connectivity index (χ2v) is 7.51. The Hall–Kier alpha value is -2.66. The third-order valence-corrected chi connectivity index (χ3v) is 5.23. The van der Waals surface area contributed by atoms with E-state index in [9.17, 15) is 4.79 Å². The van der Waals surface area contributed by atoms with Crippen LogP contribution in [-0.2, 0) is 18.4 Å². The van der Waals surface area contributed by atoms with Crippen molar-refractivity contribution in [2.75, 3.05) is 18.2 Å². The molecule has 3 aromatic rings. The van der Waals surface area contributed by atoms with Crippen molar-refractivity contribution in [3.8, 4) is 11.5 Å². The Morgan fingerprint density at radius 1 is 1.19 bits per heavy atom. The molecule has 0 bridgehead atoms. The van der Waals surface area contributed by atoms with Gasteiger partial charge in [-0.2, -0.15) is 0 Å². The fourth-order valence-corrected chi connectivity index (χ4v) is 3.39. The van der Waals surface area contributed by atoms with Crippen molar-refractivity contribution in [1.29, 1.82) is 0 Å². The number of hydrogen-bond donors (Lipinski definition) is 1. The number of aromatic nitrogens is 5. The van der Waals surface area contributed by atoms with Crippen LogP contribution >= 0.6 is 23.1 Å². The van der Waals surface area contributed by atoms with Crippen molar-refractivity contribution >= 4 is 34.1 Å². The molecule has 0 aliphatic heterocycles. The first-order valence-corrected chi connectivity index (χ1v) is 9.73. The molecule has 1 amide bonds. The lowest BCUT2D eigenvalue weighted by atomic mass is 10.3. The molecule has 0 fully saturated rings. The molecule has 0 aliphatic rings. The molecule has 9 nitrogen and oxygen atoms in total. The molecule has 11 heteroatoms. The SMILES string of the molecule is COc1ccc(OCc2nnc(SCC(=O)Nc3nnc(C)s3)n2C)cc1. The lowest BCUT2D eigenvalue weighted by Crippen LogP contribution is -2.14. The van der Waals surface area contributed by atoms with Gasteiger partial charge in [0.2, 0.25) is 11.0 Å². The van der Waals surface area contributed by atoms with Crippen LogP contribution in [0.2, 0.25) is 0 Å². The van der Waals surface area contributed by atoms with E-state index in [2.05, 4.69) is 25.7 Å². The topological polar surface area (TPSA) is 104 Å². The van der Waals surface area contributed by atoms with Gasteiger partial charge in [-0.3, -0.25) is 10.1 Å². The summed E-state index contributed by atoms with van der Waals surface area (Å²) in [4.78, 5) is 12.0. The number of carbonyl (C=O) groups is 1. The molecule has 2 aromatic heterocycles. The van der Waals surface area contributed by atoms with Gasteiger partial charge >= 0.3 is 0 Å². The smallest absolute Gasteiger partial charge is 0.236 e. The number of benzene rings is 1. The first kappa shape index (κ1) is 19.1. The number of methoxy groups -OCH3 is 1. The monoisotopic (exact) mass is 406 g/mol. The molecule has 0 atom stereocenters. The molecule has 27 heavy (non-hydrogen) atoms. The molecule has 0 aliphatic carbocycles. The number of nitrogens with zero attached hydrogens (tertiary/aromatic N) is 5. The highest BCUT2D eigenvalue weighted by atomic mass is 32.2. The van der Waals surface area contributed by atoms with Gasteiger partial charge in [0.25, 0.3) is 0 Å². The van der Waals surface area contributed by atoms with Crippen molar-refractivity contribution in [1.82, 2.24) is 25.0 Å². The Labute approximate surface area is 164 Å². The van der Waals surface area contributed by atoms with Gasteiger partial charge in [-0.1, -0.05) is 23.1 Å². The van der Waals surface area contributed by atoms with Crippen LogP contribution in [0.25, 0.3) is 0 Å². The maximum Gasteiger partial charge on any atom is 0.236 e. The first-order valence-electron chi connectivity index (χ1n) is 7.93. The van der Waals surface area contributed by atoms with Crippen molar-refractivity contribution in [2.24, 2.45) is 7.05 Å². The summed E-state index contributed by atoms with van der Waals surface area (Å²) in [6, 6.07) is 7.30. The van der Waals surface area contributed by atoms with Crippen LogP contribution < -0.4 is 14.8 Å². The zero-order valence-corrected chi connectivity index (χ0v) is 16.6. The summed E-state index contributed by atoms with van der Waals surface area (Å²) in [6.45, 7) is 2.10. The van der Waals surface area contributed by atoms with Crippen molar-refractivity contribution in [2.45, 2.75) is 18.7 Å². The van der Waals surface area contributed by atoms with E-state index in [0.29, 0.717) is 21.9 Å². The van der Waals surface area contributed by atoms with Crippen molar-refractivity contribution in [3.05, 3.63) is 35.1 Å². The first-order chi connectivity index (χ1) is 13.0. The van der Waals surface area contributed by atoms with Gasteiger partial charge in [0.15, 0.2) is 11.0 Å². The van der Waals surface area contributed by atoms with Crippen LogP contribution in [0.15, 0.2) is 29.4 Å². The van der Waals surface area contributed by atoms with Crippen LogP contribution in [0.5, 0.6) is 11.5 Å². The van der Waals surface area contributed by atoms with E-state index in [1.807, 2.05) is 38.2 Å². The predicted molar refractivity (Wildman–Crippen MR) is 102 cm³/mol. The molecule has 0 saturated carbocycles. The summed E-state index contributed by atoms with van der Waals surface area (Å²) in [5.41, 5.74) is 0. The van der Waals surface area contributed by atoms with E-state index in [0.717, 1.165) is 10.8 Å². The summed E-state index contributed by atoms with van der Waals surface area (Å²) in [5, 5.41) is 20.6. The minimum atomic E-state index is -0.171. The second-order valence-electron chi connectivity index (χ2n) is 5.39. The molecular formula is C16H18N6O3S2. The van der Waals surface area contributed by atoms with Crippen LogP contribution in [-0.4, -0.2) is 43.7 Å². The number of carbonyl (C=O) groups excluding carboxylic acids is 1. The number of ether oxygens (including phenoxy) is 2. The fraction of sp³-hybridized carbons (Fsp3) is 0.312. The van der Waals surface area contributed by atoms with E-state index < -0.39 is 0 Å². The van der Waals surface area contributed by atoms with Gasteiger partial charge in [0.05, 0.1) is 12.9 Å². The predicted octanol–water partition coefficient (Wildman–Crippen LogP) is 2.29. The van der Waals surface area contributed by atoms with Gasteiger partial charge in [0.1, 0.15) is 23.1 Å². The lowest BCUT2D eigenvalue weighted by Gasteiger charge is -2.07. The van der Waals surface area contributed by atoms with Gasteiger partial charge in [0, 0.05) is 7.05 Å². The Bertz CT molecular complexity index is 909. The Morgan fingerprint density at radius 2 is 1.93 bits per heavy atom. The number of nitrogens with one attached hydrogen (secondary N) is 1. The number of thioether (sulfide) groups is 1. The molecule has 0 spiro atoms. The van der Waals surface area contributed by atoms with Crippen LogP contribution in [0, 0.1) is 6.92 Å². The average Bonchev–Trinajstić information content (AvgIpc) is 3.24. The van der Waals surface area contributed by atoms with Gasteiger partial charge < -0.3 is 14.0 Å². The van der Waals surface area contributed by atoms with Crippen molar-refractivity contribution < 1.29 is 14.3 Å². The highest BCUT2D eigenvalue weighted by molar-refractivity contribution is 7.99. The Balaban J connectivity index is 1.51. The molecule has 1 aromatic carbocycles. The van der Waals surface area contributed by atoms with Crippen LogP contribution in [0.1, 0.15) is 10.8 Å². The number of rotatable bonds is 8. The number of hydrogen-bond acceptors (Lipinski definition) is 9. The summed E-state index contributed by atoms with van der Waals surface area (Å²) in [5.74, 6) is 2.16. The van der Waals surface area contributed by atoms with E-state index in [4.69, 9.17) is 9.47 Å². The van der Waals surface area contributed by atoms with Crippen LogP contribution in [0.3, 0.4) is 0 Å². The maximum absolute atomic E-state index is 12.0. The minimum absolute atomic E-state index is 0.171. The van der Waals surface area contributed by atoms with E-state index in [1.165, 1.54) is 23.1 Å². The minimum Gasteiger partial charge on any atom is -0.497 e. The normalized spacial score (nSPS) is 10.6. The standard InChI is InChI=1S/C16H18N6O3S2/c1-10-18-20-15(27-10)17-14(23)9-26-16-21-19-13(22(16)2)8-25-12-6-4-11(24-3)5-7-12/h4-7H,8-9H2,1-3H3,(H,17,20,23). The summed E-state index contributed by atoms with van der Waals surface area (Å²) < 4.78 is 12.6. The van der Waals surface area contributed by atoms with Crippen molar-refractivity contribution in [3.63, 3.8) is 0 Å². The lowest BCUT2D eigenvalue weighted by molar-refractivity contribution is -0.113. The third-order valence-electron chi connectivity index (χ3n) is 3.46. The zero-order chi connectivity index (χ0) is 19.2. The summed E-state index contributed by atoms with van der Waals surface area (Å²) >= 11 is 2.62. The van der Waals surface area contributed by atoms with Gasteiger partial charge in [-0.05, 0) is 31.2 Å². The second kappa shape index (κ2) is 8.82. The Kier molecular flexibility index (Phi) is 6.24. The largest absolute Gasteiger partial charge is 0.497 e.